The molecule has 0 bridgehead atoms. The van der Waals surface area contributed by atoms with Crippen LogP contribution in [0.15, 0.2) is 24.3 Å². The first-order valence-electron chi connectivity index (χ1n) is 6.78. The fourth-order valence-electron chi connectivity index (χ4n) is 2.48. The molecule has 1 aromatic carbocycles. The Morgan fingerprint density at radius 3 is 2.89 bits per heavy atom. The molecule has 2 N–H and O–H groups in total. The van der Waals surface area contributed by atoms with Crippen molar-refractivity contribution < 1.29 is 4.74 Å². The van der Waals surface area contributed by atoms with Crippen LogP contribution in [-0.2, 0) is 6.42 Å². The van der Waals surface area contributed by atoms with Crippen LogP contribution in [0, 0.1) is 0 Å². The summed E-state index contributed by atoms with van der Waals surface area (Å²) in [6.07, 6.45) is 6.52. The molecule has 1 atom stereocenters. The van der Waals surface area contributed by atoms with E-state index in [1.54, 1.807) is 7.11 Å². The van der Waals surface area contributed by atoms with Crippen LogP contribution < -0.4 is 10.5 Å². The molecule has 0 amide bonds. The Labute approximate surface area is 114 Å². The van der Waals surface area contributed by atoms with Gasteiger partial charge in [-0.3, -0.25) is 0 Å². The van der Waals surface area contributed by atoms with Crippen molar-refractivity contribution in [3.63, 3.8) is 0 Å². The lowest BCUT2D eigenvalue weighted by Gasteiger charge is -2.15. The van der Waals surface area contributed by atoms with Gasteiger partial charge in [-0.05, 0) is 37.0 Å². The number of hydrogen-bond donors (Lipinski definition) is 1. The number of nitrogens with two attached hydrogens (primary N) is 1. The molecule has 1 aliphatic rings. The van der Waals surface area contributed by atoms with Gasteiger partial charge in [-0.25, -0.2) is 0 Å². The monoisotopic (exact) mass is 265 g/mol. The minimum atomic E-state index is 0.253. The van der Waals surface area contributed by atoms with Crippen molar-refractivity contribution >= 4 is 11.8 Å². The molecule has 1 saturated carbocycles. The fraction of sp³-hybridized carbons (Fsp3) is 0.600. The molecule has 0 aromatic heterocycles. The van der Waals surface area contributed by atoms with Crippen molar-refractivity contribution in [3.8, 4) is 5.75 Å². The molecule has 0 heterocycles. The maximum Gasteiger partial charge on any atom is 0.119 e. The van der Waals surface area contributed by atoms with Gasteiger partial charge in [0.25, 0.3) is 0 Å². The molecular formula is C15H23NOS. The lowest BCUT2D eigenvalue weighted by Crippen LogP contribution is -2.26. The van der Waals surface area contributed by atoms with E-state index in [4.69, 9.17) is 10.5 Å². The van der Waals surface area contributed by atoms with Crippen LogP contribution in [0.25, 0.3) is 0 Å². The molecule has 1 fully saturated rings. The average Bonchev–Trinajstić information content (AvgIpc) is 2.90. The van der Waals surface area contributed by atoms with Gasteiger partial charge in [0.15, 0.2) is 0 Å². The Morgan fingerprint density at radius 2 is 2.17 bits per heavy atom. The summed E-state index contributed by atoms with van der Waals surface area (Å²) in [6, 6.07) is 8.47. The number of ether oxygens (including phenoxy) is 1. The summed E-state index contributed by atoms with van der Waals surface area (Å²) >= 11 is 2.07. The third-order valence-corrected chi connectivity index (χ3v) is 5.04. The Balaban J connectivity index is 1.76. The van der Waals surface area contributed by atoms with Crippen LogP contribution >= 0.6 is 11.8 Å². The van der Waals surface area contributed by atoms with E-state index >= 15 is 0 Å². The predicted octanol–water partition coefficient (Wildman–Crippen LogP) is 3.24. The second-order valence-corrected chi connectivity index (χ2v) is 6.39. The van der Waals surface area contributed by atoms with Crippen LogP contribution in [-0.4, -0.2) is 24.2 Å². The lowest BCUT2D eigenvalue weighted by molar-refractivity contribution is 0.414. The van der Waals surface area contributed by atoms with Crippen LogP contribution in [0.1, 0.15) is 31.2 Å². The number of hydrogen-bond acceptors (Lipinski definition) is 3. The number of rotatable bonds is 6. The van der Waals surface area contributed by atoms with E-state index in [-0.39, 0.29) is 6.04 Å². The Morgan fingerprint density at radius 1 is 1.39 bits per heavy atom. The molecule has 3 heteroatoms. The van der Waals surface area contributed by atoms with Crippen LogP contribution in [0.4, 0.5) is 0 Å². The van der Waals surface area contributed by atoms with E-state index in [1.165, 1.54) is 31.2 Å². The second-order valence-electron chi connectivity index (χ2n) is 5.06. The summed E-state index contributed by atoms with van der Waals surface area (Å²) < 4.78 is 5.23. The number of methoxy groups -OCH3 is 1. The van der Waals surface area contributed by atoms with Gasteiger partial charge < -0.3 is 10.5 Å². The van der Waals surface area contributed by atoms with E-state index in [9.17, 15) is 0 Å². The van der Waals surface area contributed by atoms with Crippen molar-refractivity contribution in [2.24, 2.45) is 5.73 Å². The third-order valence-electron chi connectivity index (χ3n) is 3.48. The van der Waals surface area contributed by atoms with Crippen molar-refractivity contribution in [1.29, 1.82) is 0 Å². The largest absolute Gasteiger partial charge is 0.497 e. The zero-order chi connectivity index (χ0) is 12.8. The maximum absolute atomic E-state index is 6.21. The highest BCUT2D eigenvalue weighted by molar-refractivity contribution is 7.99. The lowest BCUT2D eigenvalue weighted by atomic mass is 10.1. The molecule has 18 heavy (non-hydrogen) atoms. The summed E-state index contributed by atoms with van der Waals surface area (Å²) in [5.41, 5.74) is 7.49. The average molecular weight is 265 g/mol. The van der Waals surface area contributed by atoms with Crippen LogP contribution in [0.2, 0.25) is 0 Å². The normalized spacial score (nSPS) is 17.9. The predicted molar refractivity (Wildman–Crippen MR) is 79.4 cm³/mol. The fourth-order valence-corrected chi connectivity index (χ4v) is 3.78. The summed E-state index contributed by atoms with van der Waals surface area (Å²) in [6.45, 7) is 0. The van der Waals surface area contributed by atoms with Crippen molar-refractivity contribution in [2.75, 3.05) is 12.9 Å². The summed E-state index contributed by atoms with van der Waals surface area (Å²) in [5, 5.41) is 0.862. The number of thioether (sulfide) groups is 1. The summed E-state index contributed by atoms with van der Waals surface area (Å²) in [5.74, 6) is 1.99. The second kappa shape index (κ2) is 7.05. The van der Waals surface area contributed by atoms with Gasteiger partial charge in [-0.1, -0.05) is 25.0 Å². The minimum absolute atomic E-state index is 0.253. The van der Waals surface area contributed by atoms with Crippen molar-refractivity contribution in [1.82, 2.24) is 0 Å². The van der Waals surface area contributed by atoms with Gasteiger partial charge >= 0.3 is 0 Å². The minimum Gasteiger partial charge on any atom is -0.497 e. The Hall–Kier alpha value is -0.670. The molecule has 1 unspecified atom stereocenters. The molecule has 1 aliphatic carbocycles. The molecule has 1 aromatic rings. The molecule has 0 radical (unpaired) electrons. The third kappa shape index (κ3) is 4.21. The van der Waals surface area contributed by atoms with Crippen molar-refractivity contribution in [2.45, 2.75) is 43.4 Å². The van der Waals surface area contributed by atoms with E-state index in [2.05, 4.69) is 23.9 Å². The highest BCUT2D eigenvalue weighted by atomic mass is 32.2. The summed E-state index contributed by atoms with van der Waals surface area (Å²) in [7, 11) is 1.70. The first-order chi connectivity index (χ1) is 8.78. The van der Waals surface area contributed by atoms with E-state index in [0.29, 0.717) is 0 Å². The van der Waals surface area contributed by atoms with Gasteiger partial charge in [-0.15, -0.1) is 0 Å². The molecule has 2 nitrogen and oxygen atoms in total. The molecule has 0 saturated heterocycles. The van der Waals surface area contributed by atoms with Crippen LogP contribution in [0.5, 0.6) is 5.75 Å². The smallest absolute Gasteiger partial charge is 0.119 e. The van der Waals surface area contributed by atoms with Gasteiger partial charge in [-0.2, -0.15) is 11.8 Å². The Kier molecular flexibility index (Phi) is 5.39. The van der Waals surface area contributed by atoms with Gasteiger partial charge in [0, 0.05) is 17.0 Å². The SMILES string of the molecule is COc1cccc(CC(N)CSC2CCCC2)c1. The standard InChI is InChI=1S/C15H23NOS/c1-17-14-6-4-5-12(10-14)9-13(16)11-18-15-7-2-3-8-15/h4-6,10,13,15H,2-3,7-9,11,16H2,1H3. The highest BCUT2D eigenvalue weighted by Crippen LogP contribution is 2.29. The Bertz CT molecular complexity index is 363. The summed E-state index contributed by atoms with van der Waals surface area (Å²) in [4.78, 5) is 0. The van der Waals surface area contributed by atoms with Gasteiger partial charge in [0.2, 0.25) is 0 Å². The molecule has 0 spiro atoms. The first kappa shape index (κ1) is 13.8. The van der Waals surface area contributed by atoms with Crippen LogP contribution in [0.3, 0.4) is 0 Å². The zero-order valence-corrected chi connectivity index (χ0v) is 11.9. The van der Waals surface area contributed by atoms with Gasteiger partial charge in [0.05, 0.1) is 7.11 Å². The topological polar surface area (TPSA) is 35.2 Å². The first-order valence-corrected chi connectivity index (χ1v) is 7.83. The maximum atomic E-state index is 6.21. The zero-order valence-electron chi connectivity index (χ0n) is 11.1. The van der Waals surface area contributed by atoms with Crippen molar-refractivity contribution in [3.05, 3.63) is 29.8 Å². The molecule has 100 valence electrons. The van der Waals surface area contributed by atoms with Gasteiger partial charge in [0.1, 0.15) is 5.75 Å². The number of benzene rings is 1. The van der Waals surface area contributed by atoms with E-state index in [0.717, 1.165) is 23.2 Å². The van der Waals surface area contributed by atoms with E-state index in [1.807, 2.05) is 12.1 Å². The quantitative estimate of drug-likeness (QED) is 0.857. The van der Waals surface area contributed by atoms with E-state index < -0.39 is 0 Å². The molecular weight excluding hydrogens is 242 g/mol. The molecule has 0 aliphatic heterocycles. The highest BCUT2D eigenvalue weighted by Gasteiger charge is 2.16. The molecule has 2 rings (SSSR count).